The van der Waals surface area contributed by atoms with E-state index in [9.17, 15) is 0 Å². The summed E-state index contributed by atoms with van der Waals surface area (Å²) in [4.78, 5) is 0. The number of nitrogens with two attached hydrogens (primary N) is 1. The van der Waals surface area contributed by atoms with Crippen LogP contribution in [0.5, 0.6) is 5.75 Å². The average molecular weight is 240 g/mol. The van der Waals surface area contributed by atoms with Crippen molar-refractivity contribution in [3.05, 3.63) is 28.8 Å². The molecule has 1 aliphatic rings. The Bertz CT molecular complexity index is 350. The van der Waals surface area contributed by atoms with Crippen molar-refractivity contribution in [2.75, 3.05) is 6.54 Å². The fourth-order valence-corrected chi connectivity index (χ4v) is 2.01. The molecule has 0 aromatic heterocycles. The Morgan fingerprint density at radius 2 is 2.19 bits per heavy atom. The molecule has 2 nitrogen and oxygen atoms in total. The Balaban J connectivity index is 2.07. The normalized spacial score (nSPS) is 15.9. The molecule has 1 aliphatic carbocycles. The fourth-order valence-electron chi connectivity index (χ4n) is 1.82. The van der Waals surface area contributed by atoms with Gasteiger partial charge in [-0.3, -0.25) is 0 Å². The minimum Gasteiger partial charge on any atom is -0.490 e. The summed E-state index contributed by atoms with van der Waals surface area (Å²) >= 11 is 5.99. The summed E-state index contributed by atoms with van der Waals surface area (Å²) in [6.07, 6.45) is 5.98. The first kappa shape index (κ1) is 11.7. The van der Waals surface area contributed by atoms with Gasteiger partial charge in [0.05, 0.1) is 6.10 Å². The Labute approximate surface area is 102 Å². The zero-order valence-electron chi connectivity index (χ0n) is 9.42. The first-order valence-corrected chi connectivity index (χ1v) is 6.32. The SMILES string of the molecule is NCCCc1cc(Cl)ccc1OC1CCC1. The standard InChI is InChI=1S/C13H18ClNO/c14-11-6-7-13(16-12-4-1-5-12)10(9-11)3-2-8-15/h6-7,9,12H,1-5,8,15H2. The van der Waals surface area contributed by atoms with Crippen molar-refractivity contribution in [3.63, 3.8) is 0 Å². The van der Waals surface area contributed by atoms with Gasteiger partial charge in [0.1, 0.15) is 5.75 Å². The molecule has 1 fully saturated rings. The van der Waals surface area contributed by atoms with Gasteiger partial charge in [-0.25, -0.2) is 0 Å². The molecule has 2 rings (SSSR count). The second kappa shape index (κ2) is 5.55. The second-order valence-corrected chi connectivity index (χ2v) is 4.75. The van der Waals surface area contributed by atoms with Crippen molar-refractivity contribution in [1.82, 2.24) is 0 Å². The van der Waals surface area contributed by atoms with Gasteiger partial charge in [0, 0.05) is 5.02 Å². The van der Waals surface area contributed by atoms with E-state index >= 15 is 0 Å². The molecule has 0 atom stereocenters. The number of aryl methyl sites for hydroxylation is 1. The van der Waals surface area contributed by atoms with Gasteiger partial charge in [-0.05, 0) is 62.4 Å². The number of hydrogen-bond donors (Lipinski definition) is 1. The lowest BCUT2D eigenvalue weighted by molar-refractivity contribution is 0.119. The van der Waals surface area contributed by atoms with Crippen molar-refractivity contribution in [1.29, 1.82) is 0 Å². The van der Waals surface area contributed by atoms with Crippen LogP contribution in [0.15, 0.2) is 18.2 Å². The minimum atomic E-state index is 0.415. The van der Waals surface area contributed by atoms with E-state index in [2.05, 4.69) is 0 Å². The number of hydrogen-bond acceptors (Lipinski definition) is 2. The van der Waals surface area contributed by atoms with E-state index in [0.29, 0.717) is 12.6 Å². The van der Waals surface area contributed by atoms with Gasteiger partial charge in [0.15, 0.2) is 0 Å². The Hall–Kier alpha value is -0.730. The van der Waals surface area contributed by atoms with Crippen molar-refractivity contribution >= 4 is 11.6 Å². The molecule has 0 heterocycles. The first-order valence-electron chi connectivity index (χ1n) is 5.95. The molecule has 1 saturated carbocycles. The molecule has 2 N–H and O–H groups in total. The van der Waals surface area contributed by atoms with Crippen molar-refractivity contribution in [2.24, 2.45) is 5.73 Å². The summed E-state index contributed by atoms with van der Waals surface area (Å²) < 4.78 is 5.93. The quantitative estimate of drug-likeness (QED) is 0.857. The van der Waals surface area contributed by atoms with Crippen LogP contribution in [-0.2, 0) is 6.42 Å². The predicted octanol–water partition coefficient (Wildman–Crippen LogP) is 3.16. The van der Waals surface area contributed by atoms with Gasteiger partial charge >= 0.3 is 0 Å². The molecule has 88 valence electrons. The third-order valence-corrected chi connectivity index (χ3v) is 3.25. The molecule has 0 radical (unpaired) electrons. The number of benzene rings is 1. The van der Waals surface area contributed by atoms with Crippen LogP contribution in [0.4, 0.5) is 0 Å². The molecule has 3 heteroatoms. The summed E-state index contributed by atoms with van der Waals surface area (Å²) in [5.74, 6) is 0.988. The van der Waals surface area contributed by atoms with Crippen LogP contribution < -0.4 is 10.5 Å². The molecule has 1 aromatic carbocycles. The fraction of sp³-hybridized carbons (Fsp3) is 0.538. The molecule has 0 bridgehead atoms. The number of rotatable bonds is 5. The molecule has 0 unspecified atom stereocenters. The Morgan fingerprint density at radius 1 is 1.38 bits per heavy atom. The average Bonchev–Trinajstić information content (AvgIpc) is 2.22. The lowest BCUT2D eigenvalue weighted by Gasteiger charge is -2.27. The smallest absolute Gasteiger partial charge is 0.123 e. The summed E-state index contributed by atoms with van der Waals surface area (Å²) in [5.41, 5.74) is 6.71. The molecule has 0 amide bonds. The molecular formula is C13H18ClNO. The minimum absolute atomic E-state index is 0.415. The van der Waals surface area contributed by atoms with Crippen molar-refractivity contribution < 1.29 is 4.74 Å². The lowest BCUT2D eigenvalue weighted by Crippen LogP contribution is -2.25. The first-order chi connectivity index (χ1) is 7.79. The number of halogens is 1. The molecule has 0 spiro atoms. The summed E-state index contributed by atoms with van der Waals surface area (Å²) in [7, 11) is 0. The number of ether oxygens (including phenoxy) is 1. The predicted molar refractivity (Wildman–Crippen MR) is 67.1 cm³/mol. The third-order valence-electron chi connectivity index (χ3n) is 3.02. The zero-order chi connectivity index (χ0) is 11.4. The maximum absolute atomic E-state index is 5.99. The van der Waals surface area contributed by atoms with E-state index < -0.39 is 0 Å². The van der Waals surface area contributed by atoms with E-state index in [-0.39, 0.29) is 0 Å². The van der Waals surface area contributed by atoms with Gasteiger partial charge in [-0.15, -0.1) is 0 Å². The highest BCUT2D eigenvalue weighted by Crippen LogP contribution is 2.29. The van der Waals surface area contributed by atoms with Gasteiger partial charge in [0.25, 0.3) is 0 Å². The summed E-state index contributed by atoms with van der Waals surface area (Å²) in [5, 5.41) is 0.771. The van der Waals surface area contributed by atoms with E-state index in [1.807, 2.05) is 18.2 Å². The van der Waals surface area contributed by atoms with Crippen molar-refractivity contribution in [2.45, 2.75) is 38.2 Å². The van der Waals surface area contributed by atoms with Crippen LogP contribution in [0, 0.1) is 0 Å². The Morgan fingerprint density at radius 3 is 2.81 bits per heavy atom. The van der Waals surface area contributed by atoms with E-state index in [1.165, 1.54) is 24.8 Å². The highest BCUT2D eigenvalue weighted by Gasteiger charge is 2.20. The van der Waals surface area contributed by atoms with E-state index in [1.54, 1.807) is 0 Å². The van der Waals surface area contributed by atoms with Crippen LogP contribution in [0.2, 0.25) is 5.02 Å². The summed E-state index contributed by atoms with van der Waals surface area (Å²) in [6.45, 7) is 0.704. The molecular weight excluding hydrogens is 222 g/mol. The van der Waals surface area contributed by atoms with E-state index in [4.69, 9.17) is 22.1 Å². The molecule has 0 aliphatic heterocycles. The van der Waals surface area contributed by atoms with Gasteiger partial charge in [-0.1, -0.05) is 11.6 Å². The second-order valence-electron chi connectivity index (χ2n) is 4.32. The van der Waals surface area contributed by atoms with Crippen molar-refractivity contribution in [3.8, 4) is 5.75 Å². The van der Waals surface area contributed by atoms with Gasteiger partial charge in [0.2, 0.25) is 0 Å². The maximum atomic E-state index is 5.99. The van der Waals surface area contributed by atoms with Crippen LogP contribution in [0.25, 0.3) is 0 Å². The summed E-state index contributed by atoms with van der Waals surface area (Å²) in [6, 6.07) is 5.86. The van der Waals surface area contributed by atoms with Crippen LogP contribution in [0.1, 0.15) is 31.2 Å². The molecule has 16 heavy (non-hydrogen) atoms. The van der Waals surface area contributed by atoms with Crippen LogP contribution in [0.3, 0.4) is 0 Å². The largest absolute Gasteiger partial charge is 0.490 e. The highest BCUT2D eigenvalue weighted by molar-refractivity contribution is 6.30. The molecule has 1 aromatic rings. The topological polar surface area (TPSA) is 35.2 Å². The van der Waals surface area contributed by atoms with Crippen LogP contribution >= 0.6 is 11.6 Å². The van der Waals surface area contributed by atoms with E-state index in [0.717, 1.165) is 23.6 Å². The van der Waals surface area contributed by atoms with Crippen LogP contribution in [-0.4, -0.2) is 12.6 Å². The lowest BCUT2D eigenvalue weighted by atomic mass is 9.96. The van der Waals surface area contributed by atoms with Gasteiger partial charge in [-0.2, -0.15) is 0 Å². The zero-order valence-corrected chi connectivity index (χ0v) is 10.2. The third kappa shape index (κ3) is 2.89. The maximum Gasteiger partial charge on any atom is 0.123 e. The molecule has 0 saturated heterocycles. The highest BCUT2D eigenvalue weighted by atomic mass is 35.5. The van der Waals surface area contributed by atoms with Gasteiger partial charge < -0.3 is 10.5 Å². The monoisotopic (exact) mass is 239 g/mol. The Kier molecular flexibility index (Phi) is 4.08.